The molecule has 1 atom stereocenters. The van der Waals surface area contributed by atoms with Gasteiger partial charge in [0.05, 0.1) is 13.7 Å². The van der Waals surface area contributed by atoms with E-state index in [1.165, 1.54) is 32.4 Å². The summed E-state index contributed by atoms with van der Waals surface area (Å²) in [6.07, 6.45) is 4.05. The normalized spacial score (nSPS) is 17.0. The Kier molecular flexibility index (Phi) is 8.39. The number of aliphatic imine (C=N–C) groups is 1. The van der Waals surface area contributed by atoms with Crippen LogP contribution in [0.15, 0.2) is 29.3 Å². The van der Waals surface area contributed by atoms with Crippen molar-refractivity contribution in [1.29, 1.82) is 0 Å². The molecule has 0 aliphatic carbocycles. The van der Waals surface area contributed by atoms with E-state index in [4.69, 9.17) is 9.47 Å². The Balaban J connectivity index is 1.66. The predicted molar refractivity (Wildman–Crippen MR) is 103 cm³/mol. The van der Waals surface area contributed by atoms with Crippen molar-refractivity contribution in [2.45, 2.75) is 32.3 Å². The Hall–Kier alpha value is -1.95. The standard InChI is InChI=1S/C19H32N4O2/c1-16(25-18-9-7-8-17(14-18)24-3)15-22-19(20-2)21-10-13-23-11-5-4-6-12-23/h7-9,14,16H,4-6,10-13,15H2,1-3H3,(H2,20,21,22). The molecule has 6 nitrogen and oxygen atoms in total. The van der Waals surface area contributed by atoms with Crippen molar-refractivity contribution >= 4 is 5.96 Å². The molecule has 0 aromatic heterocycles. The number of nitrogens with zero attached hydrogens (tertiary/aromatic N) is 2. The third-order valence-corrected chi connectivity index (χ3v) is 4.33. The summed E-state index contributed by atoms with van der Waals surface area (Å²) >= 11 is 0. The van der Waals surface area contributed by atoms with Crippen LogP contribution in [-0.4, -0.2) is 63.8 Å². The minimum Gasteiger partial charge on any atom is -0.497 e. The van der Waals surface area contributed by atoms with Crippen molar-refractivity contribution in [1.82, 2.24) is 15.5 Å². The second-order valence-electron chi connectivity index (χ2n) is 6.39. The molecule has 2 rings (SSSR count). The van der Waals surface area contributed by atoms with Crippen molar-refractivity contribution in [2.75, 3.05) is 46.9 Å². The fourth-order valence-electron chi connectivity index (χ4n) is 2.92. The lowest BCUT2D eigenvalue weighted by Crippen LogP contribution is -2.45. The van der Waals surface area contributed by atoms with Crippen LogP contribution in [0.25, 0.3) is 0 Å². The Morgan fingerprint density at radius 1 is 1.20 bits per heavy atom. The zero-order chi connectivity index (χ0) is 17.9. The number of likely N-dealkylation sites (tertiary alicyclic amines) is 1. The SMILES string of the molecule is CN=C(NCCN1CCCCC1)NCC(C)Oc1cccc(OC)c1. The van der Waals surface area contributed by atoms with E-state index in [2.05, 4.69) is 20.5 Å². The number of methoxy groups -OCH3 is 1. The molecule has 1 fully saturated rings. The first-order valence-electron chi connectivity index (χ1n) is 9.19. The Morgan fingerprint density at radius 3 is 2.68 bits per heavy atom. The van der Waals surface area contributed by atoms with Crippen molar-refractivity contribution in [3.8, 4) is 11.5 Å². The minimum absolute atomic E-state index is 0.0211. The van der Waals surface area contributed by atoms with E-state index in [0.717, 1.165) is 30.5 Å². The highest BCUT2D eigenvalue weighted by Gasteiger charge is 2.10. The molecule has 2 N–H and O–H groups in total. The second kappa shape index (κ2) is 10.8. The van der Waals surface area contributed by atoms with E-state index >= 15 is 0 Å². The molecule has 140 valence electrons. The Morgan fingerprint density at radius 2 is 1.96 bits per heavy atom. The van der Waals surface area contributed by atoms with Crippen molar-refractivity contribution in [2.24, 2.45) is 4.99 Å². The molecular weight excluding hydrogens is 316 g/mol. The van der Waals surface area contributed by atoms with Crippen LogP contribution in [0.1, 0.15) is 26.2 Å². The van der Waals surface area contributed by atoms with Crippen LogP contribution in [0.5, 0.6) is 11.5 Å². The van der Waals surface area contributed by atoms with E-state index in [0.29, 0.717) is 6.54 Å². The summed E-state index contributed by atoms with van der Waals surface area (Å²) in [6.45, 7) is 7.13. The monoisotopic (exact) mass is 348 g/mol. The Labute approximate surface area is 151 Å². The largest absolute Gasteiger partial charge is 0.497 e. The topological polar surface area (TPSA) is 58.1 Å². The quantitative estimate of drug-likeness (QED) is 0.557. The van der Waals surface area contributed by atoms with Gasteiger partial charge in [0.15, 0.2) is 5.96 Å². The number of nitrogens with one attached hydrogen (secondary N) is 2. The van der Waals surface area contributed by atoms with Gasteiger partial charge in [-0.2, -0.15) is 0 Å². The van der Waals surface area contributed by atoms with Gasteiger partial charge in [0.2, 0.25) is 0 Å². The third-order valence-electron chi connectivity index (χ3n) is 4.33. The lowest BCUT2D eigenvalue weighted by Gasteiger charge is -2.26. The molecule has 0 spiro atoms. The van der Waals surface area contributed by atoms with Crippen molar-refractivity contribution in [3.05, 3.63) is 24.3 Å². The predicted octanol–water partition coefficient (Wildman–Crippen LogP) is 2.11. The van der Waals surface area contributed by atoms with Gasteiger partial charge >= 0.3 is 0 Å². The van der Waals surface area contributed by atoms with Crippen molar-refractivity contribution < 1.29 is 9.47 Å². The van der Waals surface area contributed by atoms with Crippen LogP contribution >= 0.6 is 0 Å². The summed E-state index contributed by atoms with van der Waals surface area (Å²) in [5.41, 5.74) is 0. The summed E-state index contributed by atoms with van der Waals surface area (Å²) < 4.78 is 11.1. The molecular formula is C19H32N4O2. The van der Waals surface area contributed by atoms with Crippen LogP contribution in [-0.2, 0) is 0 Å². The summed E-state index contributed by atoms with van der Waals surface area (Å²) in [7, 11) is 3.45. The number of guanidine groups is 1. The van der Waals surface area contributed by atoms with Crippen LogP contribution in [0, 0.1) is 0 Å². The maximum Gasteiger partial charge on any atom is 0.191 e. The van der Waals surface area contributed by atoms with E-state index in [1.54, 1.807) is 14.2 Å². The highest BCUT2D eigenvalue weighted by molar-refractivity contribution is 5.79. The molecule has 1 aromatic carbocycles. The zero-order valence-corrected chi connectivity index (χ0v) is 15.8. The zero-order valence-electron chi connectivity index (χ0n) is 15.8. The molecule has 1 aromatic rings. The summed E-state index contributed by atoms with van der Waals surface area (Å²) in [5.74, 6) is 2.42. The van der Waals surface area contributed by atoms with Gasteiger partial charge in [-0.25, -0.2) is 0 Å². The summed E-state index contributed by atoms with van der Waals surface area (Å²) in [5, 5.41) is 6.70. The maximum atomic E-state index is 5.92. The molecule has 1 aliphatic heterocycles. The highest BCUT2D eigenvalue weighted by atomic mass is 16.5. The first kappa shape index (κ1) is 19.4. The summed E-state index contributed by atoms with van der Waals surface area (Å²) in [6, 6.07) is 7.66. The fourth-order valence-corrected chi connectivity index (χ4v) is 2.92. The number of hydrogen-bond donors (Lipinski definition) is 2. The lowest BCUT2D eigenvalue weighted by molar-refractivity contribution is 0.222. The van der Waals surface area contributed by atoms with Gasteiger partial charge in [0.25, 0.3) is 0 Å². The smallest absolute Gasteiger partial charge is 0.191 e. The van der Waals surface area contributed by atoms with Gasteiger partial charge < -0.3 is 25.0 Å². The number of hydrogen-bond acceptors (Lipinski definition) is 4. The van der Waals surface area contributed by atoms with Gasteiger partial charge in [0.1, 0.15) is 17.6 Å². The van der Waals surface area contributed by atoms with Crippen LogP contribution in [0.3, 0.4) is 0 Å². The fraction of sp³-hybridized carbons (Fsp3) is 0.632. The van der Waals surface area contributed by atoms with Gasteiger partial charge in [-0.1, -0.05) is 12.5 Å². The van der Waals surface area contributed by atoms with Crippen molar-refractivity contribution in [3.63, 3.8) is 0 Å². The van der Waals surface area contributed by atoms with Crippen LogP contribution in [0.2, 0.25) is 0 Å². The van der Waals surface area contributed by atoms with Crippen LogP contribution < -0.4 is 20.1 Å². The van der Waals surface area contributed by atoms with E-state index < -0.39 is 0 Å². The van der Waals surface area contributed by atoms with Crippen LogP contribution in [0.4, 0.5) is 0 Å². The first-order valence-corrected chi connectivity index (χ1v) is 9.19. The molecule has 6 heteroatoms. The molecule has 1 aliphatic rings. The lowest BCUT2D eigenvalue weighted by atomic mass is 10.1. The number of rotatable bonds is 8. The number of piperidine rings is 1. The number of benzene rings is 1. The molecule has 1 heterocycles. The summed E-state index contributed by atoms with van der Waals surface area (Å²) in [4.78, 5) is 6.79. The van der Waals surface area contributed by atoms with E-state index in [9.17, 15) is 0 Å². The van der Waals surface area contributed by atoms with Gasteiger partial charge in [-0.15, -0.1) is 0 Å². The third kappa shape index (κ3) is 7.22. The molecule has 25 heavy (non-hydrogen) atoms. The van der Waals surface area contributed by atoms with E-state index in [-0.39, 0.29) is 6.10 Å². The Bertz CT molecular complexity index is 530. The number of ether oxygens (including phenoxy) is 2. The molecule has 1 saturated heterocycles. The average Bonchev–Trinajstić information content (AvgIpc) is 2.65. The molecule has 0 saturated carbocycles. The van der Waals surface area contributed by atoms with Gasteiger partial charge in [0, 0.05) is 26.2 Å². The average molecular weight is 348 g/mol. The highest BCUT2D eigenvalue weighted by Crippen LogP contribution is 2.19. The first-order chi connectivity index (χ1) is 12.2. The van der Waals surface area contributed by atoms with Gasteiger partial charge in [-0.05, 0) is 45.0 Å². The van der Waals surface area contributed by atoms with E-state index in [1.807, 2.05) is 31.2 Å². The second-order valence-corrected chi connectivity index (χ2v) is 6.39. The molecule has 0 bridgehead atoms. The minimum atomic E-state index is 0.0211. The maximum absolute atomic E-state index is 5.92. The van der Waals surface area contributed by atoms with Gasteiger partial charge in [-0.3, -0.25) is 4.99 Å². The molecule has 0 amide bonds. The molecule has 1 unspecified atom stereocenters. The molecule has 0 radical (unpaired) electrons.